The van der Waals surface area contributed by atoms with Crippen LogP contribution < -0.4 is 6.15 Å². The summed E-state index contributed by atoms with van der Waals surface area (Å²) in [6.45, 7) is 5.76. The van der Waals surface area contributed by atoms with Crippen molar-refractivity contribution >= 4 is 10.1 Å². The van der Waals surface area contributed by atoms with Crippen LogP contribution in [0.4, 0.5) is 0 Å². The molecule has 0 aromatic carbocycles. The third kappa shape index (κ3) is 12.0. The lowest BCUT2D eigenvalue weighted by molar-refractivity contribution is 0.362. The van der Waals surface area contributed by atoms with Crippen molar-refractivity contribution in [1.29, 1.82) is 0 Å². The van der Waals surface area contributed by atoms with Gasteiger partial charge in [0.05, 0.1) is 11.9 Å². The summed E-state index contributed by atoms with van der Waals surface area (Å²) in [5.41, 5.74) is 0. The van der Waals surface area contributed by atoms with Gasteiger partial charge in [0, 0.05) is 0 Å². The van der Waals surface area contributed by atoms with E-state index >= 15 is 0 Å². The van der Waals surface area contributed by atoms with Gasteiger partial charge in [0.2, 0.25) is 0 Å². The van der Waals surface area contributed by atoms with Crippen molar-refractivity contribution in [3.63, 3.8) is 0 Å². The topological polar surface area (TPSA) is 78.4 Å². The van der Waals surface area contributed by atoms with Gasteiger partial charge >= 0.3 is 0 Å². The number of hydrogen-bond acceptors (Lipinski definition) is 4. The fourth-order valence-corrected chi connectivity index (χ4v) is 3.59. The number of hydrogen-bond donors (Lipinski definition) is 1. The molecule has 3 N–H and O–H groups in total. The Labute approximate surface area is 145 Å². The Kier molecular flexibility index (Phi) is 15.5. The maximum absolute atomic E-state index is 11.7. The highest BCUT2D eigenvalue weighted by Crippen LogP contribution is 2.25. The summed E-state index contributed by atoms with van der Waals surface area (Å²) < 4.78 is 27.3. The van der Waals surface area contributed by atoms with E-state index in [9.17, 15) is 8.42 Å². The molecule has 0 spiro atoms. The lowest BCUT2D eigenvalue weighted by atomic mass is 10.0. The van der Waals surface area contributed by atoms with Gasteiger partial charge in [-0.3, -0.25) is 4.18 Å². The summed E-state index contributed by atoms with van der Waals surface area (Å²) in [6, 6.07) is 0. The minimum absolute atomic E-state index is 0. The Morgan fingerprint density at radius 3 is 1.43 bits per heavy atom. The lowest BCUT2D eigenvalue weighted by Crippen LogP contribution is -2.32. The summed E-state index contributed by atoms with van der Waals surface area (Å²) in [7, 11) is -2.16. The maximum atomic E-state index is 11.7. The van der Waals surface area contributed by atoms with Crippen molar-refractivity contribution < 1.29 is 12.6 Å². The summed E-state index contributed by atoms with van der Waals surface area (Å²) in [5.74, 6) is 0. The molecule has 0 bridgehead atoms. The molecule has 0 unspecified atom stereocenters. The van der Waals surface area contributed by atoms with E-state index < -0.39 is 14.9 Å². The first kappa shape index (κ1) is 25.1. The van der Waals surface area contributed by atoms with Crippen molar-refractivity contribution in [2.24, 2.45) is 0 Å². The van der Waals surface area contributed by atoms with E-state index in [-0.39, 0.29) is 6.15 Å². The Balaban J connectivity index is 0. The Morgan fingerprint density at radius 1 is 0.739 bits per heavy atom. The summed E-state index contributed by atoms with van der Waals surface area (Å²) in [5, 5.41) is 0. The second-order valence-corrected chi connectivity index (χ2v) is 9.37. The van der Waals surface area contributed by atoms with Gasteiger partial charge in [0.15, 0.2) is 0 Å². The first-order valence-corrected chi connectivity index (χ1v) is 10.6. The monoisotopic (exact) mass is 351 g/mol. The van der Waals surface area contributed by atoms with Crippen LogP contribution in [-0.2, 0) is 14.3 Å². The smallest absolute Gasteiger partial charge is 0.272 e. The van der Waals surface area contributed by atoms with Crippen LogP contribution in [0.1, 0.15) is 104 Å². The number of rotatable bonds is 15. The van der Waals surface area contributed by atoms with E-state index in [2.05, 4.69) is 11.1 Å². The summed E-state index contributed by atoms with van der Waals surface area (Å²) in [6.07, 6.45) is 16.2. The van der Waals surface area contributed by atoms with Crippen molar-refractivity contribution in [3.8, 4) is 0 Å². The van der Waals surface area contributed by atoms with Crippen molar-refractivity contribution in [2.45, 2.75) is 109 Å². The first-order chi connectivity index (χ1) is 10.4. The fraction of sp³-hybridized carbons (Fsp3) is 1.00. The Hall–Kier alpha value is -0.130. The molecule has 0 aliphatic carbocycles. The van der Waals surface area contributed by atoms with Gasteiger partial charge in [-0.15, -0.1) is 0 Å². The molecule has 0 heterocycles. The standard InChI is InChI=1S/C18H38O3S.H3N/c1-5-6-7-8-9-10-11-12-13-14-15-16-17-18(2,3)22(19,20)21-4;/h5-17H2,1-4H3;1H3. The maximum Gasteiger partial charge on any atom is 0.272 e. The van der Waals surface area contributed by atoms with Crippen LogP contribution in [0, 0.1) is 0 Å². The molecule has 0 saturated heterocycles. The highest BCUT2D eigenvalue weighted by Gasteiger charge is 2.33. The molecule has 0 amide bonds. The molecule has 23 heavy (non-hydrogen) atoms. The van der Waals surface area contributed by atoms with Crippen molar-refractivity contribution in [1.82, 2.24) is 6.15 Å². The molecule has 0 rings (SSSR count). The van der Waals surface area contributed by atoms with Gasteiger partial charge < -0.3 is 6.15 Å². The van der Waals surface area contributed by atoms with E-state index in [0.29, 0.717) is 6.42 Å². The van der Waals surface area contributed by atoms with Crippen LogP contribution in [0.5, 0.6) is 0 Å². The number of unbranched alkanes of at least 4 members (excludes halogenated alkanes) is 11. The molecular formula is C18H41NO3S. The molecule has 0 aromatic rings. The van der Waals surface area contributed by atoms with Gasteiger partial charge in [-0.05, 0) is 20.3 Å². The molecule has 0 aromatic heterocycles. The molecule has 0 aliphatic rings. The van der Waals surface area contributed by atoms with Gasteiger partial charge in [0.25, 0.3) is 10.1 Å². The predicted molar refractivity (Wildman–Crippen MR) is 101 cm³/mol. The van der Waals surface area contributed by atoms with Crippen molar-refractivity contribution in [2.75, 3.05) is 7.11 Å². The average molecular weight is 352 g/mol. The van der Waals surface area contributed by atoms with Gasteiger partial charge in [0.1, 0.15) is 0 Å². The molecule has 5 heteroatoms. The molecule has 0 radical (unpaired) electrons. The van der Waals surface area contributed by atoms with Crippen LogP contribution in [0.15, 0.2) is 0 Å². The third-order valence-electron chi connectivity index (χ3n) is 4.53. The van der Waals surface area contributed by atoms with E-state index in [1.807, 2.05) is 0 Å². The Bertz CT molecular complexity index is 353. The minimum Gasteiger partial charge on any atom is -0.344 e. The molecule has 0 aliphatic heterocycles. The molecule has 0 fully saturated rings. The summed E-state index contributed by atoms with van der Waals surface area (Å²) >= 11 is 0. The highest BCUT2D eigenvalue weighted by atomic mass is 32.2. The van der Waals surface area contributed by atoms with E-state index in [4.69, 9.17) is 0 Å². The van der Waals surface area contributed by atoms with Gasteiger partial charge in [-0.25, -0.2) is 0 Å². The average Bonchev–Trinajstić information content (AvgIpc) is 2.48. The quantitative estimate of drug-likeness (QED) is 0.290. The normalized spacial score (nSPS) is 12.2. The van der Waals surface area contributed by atoms with E-state index in [0.717, 1.165) is 12.8 Å². The van der Waals surface area contributed by atoms with Crippen LogP contribution in [-0.4, -0.2) is 20.3 Å². The van der Waals surface area contributed by atoms with Crippen LogP contribution >= 0.6 is 0 Å². The highest BCUT2D eigenvalue weighted by molar-refractivity contribution is 7.88. The zero-order chi connectivity index (χ0) is 16.9. The second kappa shape index (κ2) is 14.2. The lowest BCUT2D eigenvalue weighted by Gasteiger charge is -2.22. The van der Waals surface area contributed by atoms with Crippen LogP contribution in [0.25, 0.3) is 0 Å². The van der Waals surface area contributed by atoms with Crippen molar-refractivity contribution in [3.05, 3.63) is 0 Å². The predicted octanol–water partition coefficient (Wildman–Crippen LogP) is 5.99. The fourth-order valence-electron chi connectivity index (χ4n) is 2.74. The molecule has 0 saturated carbocycles. The Morgan fingerprint density at radius 2 is 1.09 bits per heavy atom. The van der Waals surface area contributed by atoms with Crippen LogP contribution in [0.2, 0.25) is 0 Å². The SMILES string of the molecule is CCCCCCCCCCCCCCC(C)(C)S(=O)(=O)OC.N. The molecular weight excluding hydrogens is 310 g/mol. The van der Waals surface area contributed by atoms with E-state index in [1.54, 1.807) is 13.8 Å². The third-order valence-corrected chi connectivity index (χ3v) is 6.53. The zero-order valence-corrected chi connectivity index (χ0v) is 16.8. The zero-order valence-electron chi connectivity index (χ0n) is 16.0. The minimum atomic E-state index is -3.41. The largest absolute Gasteiger partial charge is 0.344 e. The second-order valence-electron chi connectivity index (χ2n) is 7.02. The molecule has 0 atom stereocenters. The van der Waals surface area contributed by atoms with Gasteiger partial charge in [-0.2, -0.15) is 8.42 Å². The van der Waals surface area contributed by atoms with E-state index in [1.165, 1.54) is 71.3 Å². The molecule has 4 nitrogen and oxygen atoms in total. The van der Waals surface area contributed by atoms with Crippen LogP contribution in [0.3, 0.4) is 0 Å². The van der Waals surface area contributed by atoms with Gasteiger partial charge in [-0.1, -0.05) is 84.0 Å². The first-order valence-electron chi connectivity index (χ1n) is 9.17. The summed E-state index contributed by atoms with van der Waals surface area (Å²) in [4.78, 5) is 0. The molecule has 142 valence electrons.